The molecule has 0 saturated carbocycles. The molecule has 1 aromatic heterocycles. The number of nitrogens with two attached hydrogens (primary N) is 1. The largest absolute Gasteiger partial charge is 0.396 e. The summed E-state index contributed by atoms with van der Waals surface area (Å²) in [5.74, 6) is 0.739. The molecule has 11 heavy (non-hydrogen) atoms. The Labute approximate surface area is 70.5 Å². The number of pyridine rings is 1. The van der Waals surface area contributed by atoms with Crippen LogP contribution in [0.25, 0.3) is 0 Å². The van der Waals surface area contributed by atoms with Gasteiger partial charge in [0.2, 0.25) is 0 Å². The molecule has 0 bridgehead atoms. The highest BCUT2D eigenvalue weighted by atomic mass is 32.2. The fourth-order valence-electron chi connectivity index (χ4n) is 0.774. The van der Waals surface area contributed by atoms with Gasteiger partial charge in [-0.15, -0.1) is 0 Å². The number of nitrogens with zero attached hydrogens (tertiary/aromatic N) is 1. The quantitative estimate of drug-likeness (QED) is 0.661. The van der Waals surface area contributed by atoms with Gasteiger partial charge in [-0.25, -0.2) is 4.98 Å². The van der Waals surface area contributed by atoms with E-state index in [9.17, 15) is 0 Å². The number of aromatic nitrogens is 1. The highest BCUT2D eigenvalue weighted by Gasteiger charge is 1.97. The molecular formula is C7H11N3S. The molecule has 1 aromatic rings. The summed E-state index contributed by atoms with van der Waals surface area (Å²) in [5, 5.41) is 0. The second-order valence-corrected chi connectivity index (χ2v) is 2.87. The summed E-state index contributed by atoms with van der Waals surface area (Å²) in [5.41, 5.74) is 7.44. The van der Waals surface area contributed by atoms with Crippen molar-refractivity contribution in [1.29, 1.82) is 0 Å². The zero-order chi connectivity index (χ0) is 8.27. The summed E-state index contributed by atoms with van der Waals surface area (Å²) in [6.07, 6.45) is 3.72. The van der Waals surface area contributed by atoms with Crippen molar-refractivity contribution in [3.8, 4) is 0 Å². The molecule has 1 heterocycles. The third-order valence-corrected chi connectivity index (χ3v) is 1.65. The van der Waals surface area contributed by atoms with E-state index in [-0.39, 0.29) is 0 Å². The summed E-state index contributed by atoms with van der Waals surface area (Å²) in [6, 6.07) is 1.89. The van der Waals surface area contributed by atoms with Gasteiger partial charge in [0.25, 0.3) is 0 Å². The highest BCUT2D eigenvalue weighted by molar-refractivity contribution is 7.99. The molecule has 0 amide bonds. The van der Waals surface area contributed by atoms with Crippen LogP contribution in [0.5, 0.6) is 0 Å². The van der Waals surface area contributed by atoms with E-state index in [1.165, 1.54) is 11.9 Å². The Hall–Kier alpha value is -0.900. The molecule has 60 valence electrons. The van der Waals surface area contributed by atoms with E-state index in [2.05, 4.69) is 9.71 Å². The summed E-state index contributed by atoms with van der Waals surface area (Å²) < 4.78 is 2.98. The second-order valence-electron chi connectivity index (χ2n) is 2.26. The van der Waals surface area contributed by atoms with Crippen LogP contribution in [-0.2, 0) is 0 Å². The average molecular weight is 169 g/mol. The first-order valence-electron chi connectivity index (χ1n) is 3.25. The molecule has 0 aliphatic rings. The van der Waals surface area contributed by atoms with Crippen LogP contribution in [0, 0.1) is 6.92 Å². The third kappa shape index (κ3) is 2.01. The van der Waals surface area contributed by atoms with Crippen LogP contribution in [0.3, 0.4) is 0 Å². The normalized spacial score (nSPS) is 9.64. The molecule has 0 radical (unpaired) electrons. The van der Waals surface area contributed by atoms with E-state index in [0.717, 1.165) is 11.4 Å². The number of anilines is 2. The summed E-state index contributed by atoms with van der Waals surface area (Å²) in [6.45, 7) is 1.96. The van der Waals surface area contributed by atoms with Gasteiger partial charge in [0, 0.05) is 12.5 Å². The number of hydrogen-bond donors (Lipinski definition) is 2. The minimum atomic E-state index is 0.694. The molecule has 0 atom stereocenters. The minimum Gasteiger partial charge on any atom is -0.396 e. The Morgan fingerprint density at radius 2 is 2.36 bits per heavy atom. The Morgan fingerprint density at radius 1 is 1.64 bits per heavy atom. The van der Waals surface area contributed by atoms with Gasteiger partial charge in [0.15, 0.2) is 5.82 Å². The lowest BCUT2D eigenvalue weighted by molar-refractivity contribution is 1.28. The lowest BCUT2D eigenvalue weighted by Crippen LogP contribution is -1.96. The molecular weight excluding hydrogens is 158 g/mol. The van der Waals surface area contributed by atoms with Crippen molar-refractivity contribution < 1.29 is 0 Å². The van der Waals surface area contributed by atoms with Crippen LogP contribution in [0.15, 0.2) is 12.3 Å². The topological polar surface area (TPSA) is 50.9 Å². The fraction of sp³-hybridized carbons (Fsp3) is 0.286. The molecule has 1 rings (SSSR count). The van der Waals surface area contributed by atoms with Gasteiger partial charge in [0.1, 0.15) is 0 Å². The highest BCUT2D eigenvalue weighted by Crippen LogP contribution is 2.17. The van der Waals surface area contributed by atoms with Crippen molar-refractivity contribution in [2.45, 2.75) is 6.92 Å². The molecule has 0 aromatic carbocycles. The lowest BCUT2D eigenvalue weighted by Gasteiger charge is -2.04. The van der Waals surface area contributed by atoms with E-state index in [1.54, 1.807) is 6.20 Å². The van der Waals surface area contributed by atoms with E-state index >= 15 is 0 Å². The minimum absolute atomic E-state index is 0.694. The van der Waals surface area contributed by atoms with Crippen molar-refractivity contribution in [2.75, 3.05) is 16.7 Å². The van der Waals surface area contributed by atoms with Crippen LogP contribution in [0.4, 0.5) is 11.5 Å². The number of aryl methyl sites for hydroxylation is 1. The molecule has 3 N–H and O–H groups in total. The summed E-state index contributed by atoms with van der Waals surface area (Å²) >= 11 is 1.48. The molecule has 0 aliphatic carbocycles. The first-order valence-corrected chi connectivity index (χ1v) is 4.47. The van der Waals surface area contributed by atoms with Crippen LogP contribution in [-0.4, -0.2) is 11.2 Å². The maximum absolute atomic E-state index is 5.67. The Bertz CT molecular complexity index is 249. The Kier molecular flexibility index (Phi) is 2.59. The zero-order valence-electron chi connectivity index (χ0n) is 6.59. The van der Waals surface area contributed by atoms with E-state index in [4.69, 9.17) is 5.73 Å². The Morgan fingerprint density at radius 3 is 2.91 bits per heavy atom. The maximum atomic E-state index is 5.67. The second kappa shape index (κ2) is 3.48. The molecule has 0 fully saturated rings. The fourth-order valence-corrected chi connectivity index (χ4v) is 1.14. The summed E-state index contributed by atoms with van der Waals surface area (Å²) in [7, 11) is 0. The first kappa shape index (κ1) is 8.20. The average Bonchev–Trinajstić information content (AvgIpc) is 1.95. The SMILES string of the molecule is CSNc1ncc(C)cc1N. The third-order valence-electron chi connectivity index (χ3n) is 1.25. The predicted octanol–water partition coefficient (Wildman–Crippen LogP) is 1.66. The molecule has 0 aliphatic heterocycles. The number of hydrogen-bond acceptors (Lipinski definition) is 4. The molecule has 3 nitrogen and oxygen atoms in total. The number of nitrogen functional groups attached to an aromatic ring is 1. The van der Waals surface area contributed by atoms with Crippen molar-refractivity contribution in [1.82, 2.24) is 4.98 Å². The van der Waals surface area contributed by atoms with Crippen LogP contribution >= 0.6 is 11.9 Å². The zero-order valence-corrected chi connectivity index (χ0v) is 7.40. The number of rotatable bonds is 2. The van der Waals surface area contributed by atoms with Crippen LogP contribution in [0.1, 0.15) is 5.56 Å². The molecule has 4 heteroatoms. The molecule has 0 unspecified atom stereocenters. The van der Waals surface area contributed by atoms with Gasteiger partial charge < -0.3 is 10.5 Å². The first-order chi connectivity index (χ1) is 5.24. The maximum Gasteiger partial charge on any atom is 0.159 e. The summed E-state index contributed by atoms with van der Waals surface area (Å²) in [4.78, 5) is 4.11. The van der Waals surface area contributed by atoms with Gasteiger partial charge in [0.05, 0.1) is 5.69 Å². The van der Waals surface area contributed by atoms with Crippen molar-refractivity contribution in [3.63, 3.8) is 0 Å². The lowest BCUT2D eigenvalue weighted by atomic mass is 10.3. The van der Waals surface area contributed by atoms with Crippen molar-refractivity contribution >= 4 is 23.5 Å². The molecule has 0 spiro atoms. The van der Waals surface area contributed by atoms with Crippen molar-refractivity contribution in [2.24, 2.45) is 0 Å². The van der Waals surface area contributed by atoms with E-state index in [1.807, 2.05) is 19.2 Å². The number of nitrogens with one attached hydrogen (secondary N) is 1. The Balaban J connectivity index is 2.90. The van der Waals surface area contributed by atoms with Gasteiger partial charge in [-0.1, -0.05) is 11.9 Å². The smallest absolute Gasteiger partial charge is 0.159 e. The van der Waals surface area contributed by atoms with Crippen LogP contribution in [0.2, 0.25) is 0 Å². The van der Waals surface area contributed by atoms with Gasteiger partial charge in [-0.05, 0) is 18.6 Å². The van der Waals surface area contributed by atoms with E-state index in [0.29, 0.717) is 5.69 Å². The van der Waals surface area contributed by atoms with Gasteiger partial charge >= 0.3 is 0 Å². The van der Waals surface area contributed by atoms with Crippen molar-refractivity contribution in [3.05, 3.63) is 17.8 Å². The van der Waals surface area contributed by atoms with Gasteiger partial charge in [-0.3, -0.25) is 0 Å². The monoisotopic (exact) mass is 169 g/mol. The van der Waals surface area contributed by atoms with Gasteiger partial charge in [-0.2, -0.15) is 0 Å². The van der Waals surface area contributed by atoms with E-state index < -0.39 is 0 Å². The van der Waals surface area contributed by atoms with Crippen LogP contribution < -0.4 is 10.5 Å². The predicted molar refractivity (Wildman–Crippen MR) is 50.5 cm³/mol. The molecule has 0 saturated heterocycles. The standard InChI is InChI=1S/C7H11N3S/c1-5-3-6(8)7(9-4-5)10-11-2/h3-4H,8H2,1-2H3,(H,9,10).